The number of halogens is 3. The number of carbonyl (C=O) groups excluding carboxylic acids is 2. The van der Waals surface area contributed by atoms with Crippen molar-refractivity contribution in [2.45, 2.75) is 25.1 Å². The van der Waals surface area contributed by atoms with Crippen molar-refractivity contribution in [2.24, 2.45) is 0 Å². The summed E-state index contributed by atoms with van der Waals surface area (Å²) in [6.07, 6.45) is -2.79. The number of benzene rings is 1. The number of carbonyl (C=O) groups is 2. The Kier molecular flexibility index (Phi) is 4.81. The van der Waals surface area contributed by atoms with Crippen molar-refractivity contribution < 1.29 is 36.8 Å². The molecule has 1 aliphatic carbocycles. The molecule has 144 valence electrons. The quantitative estimate of drug-likeness (QED) is 0.728. The van der Waals surface area contributed by atoms with E-state index in [1.165, 1.54) is 13.2 Å². The van der Waals surface area contributed by atoms with E-state index < -0.39 is 24.0 Å². The molecule has 2 aromatic rings. The molecule has 1 aromatic heterocycles. The summed E-state index contributed by atoms with van der Waals surface area (Å²) in [4.78, 5) is 25.7. The highest BCUT2D eigenvalue weighted by Gasteiger charge is 2.35. The van der Waals surface area contributed by atoms with Crippen molar-refractivity contribution in [3.05, 3.63) is 41.3 Å². The largest absolute Gasteiger partial charge is 0.573 e. The van der Waals surface area contributed by atoms with Crippen molar-refractivity contribution >= 4 is 17.6 Å². The highest BCUT2D eigenvalue weighted by molar-refractivity contribution is 6.14. The standard InChI is InChI=1S/C17H15F3N2O5/c1-22(16(24)25-2)13-7-10(26-17(18,19)20)5-6-11(13)14(23)12-8-21-27-15(12)9-3-4-9/h5-9H,3-4H2,1-2H3. The number of ether oxygens (including phenoxy) is 2. The van der Waals surface area contributed by atoms with Gasteiger partial charge in [-0.2, -0.15) is 0 Å². The Balaban J connectivity index is 2.03. The van der Waals surface area contributed by atoms with Gasteiger partial charge < -0.3 is 14.0 Å². The van der Waals surface area contributed by atoms with E-state index in [2.05, 4.69) is 14.6 Å². The van der Waals surface area contributed by atoms with Gasteiger partial charge in [0.2, 0.25) is 0 Å². The van der Waals surface area contributed by atoms with Crippen molar-refractivity contribution in [1.82, 2.24) is 5.16 Å². The van der Waals surface area contributed by atoms with Gasteiger partial charge >= 0.3 is 12.5 Å². The molecule has 0 N–H and O–H groups in total. The molecule has 1 saturated carbocycles. The summed E-state index contributed by atoms with van der Waals surface area (Å²) in [5.41, 5.74) is 0.0978. The average molecular weight is 384 g/mol. The molecule has 10 heteroatoms. The predicted octanol–water partition coefficient (Wildman–Crippen LogP) is 3.88. The lowest BCUT2D eigenvalue weighted by Gasteiger charge is -2.20. The highest BCUT2D eigenvalue weighted by atomic mass is 19.4. The van der Waals surface area contributed by atoms with Gasteiger partial charge in [-0.15, -0.1) is 13.2 Å². The summed E-state index contributed by atoms with van der Waals surface area (Å²) in [6, 6.07) is 3.10. The molecular weight excluding hydrogens is 369 g/mol. The topological polar surface area (TPSA) is 81.9 Å². The van der Waals surface area contributed by atoms with Gasteiger partial charge in [-0.3, -0.25) is 9.69 Å². The maximum atomic E-state index is 13.0. The number of aromatic nitrogens is 1. The molecular formula is C17H15F3N2O5. The summed E-state index contributed by atoms with van der Waals surface area (Å²) in [5, 5.41) is 3.65. The van der Waals surface area contributed by atoms with Crippen LogP contribution in [0.5, 0.6) is 5.75 Å². The molecule has 7 nitrogen and oxygen atoms in total. The van der Waals surface area contributed by atoms with Gasteiger partial charge in [0, 0.05) is 24.6 Å². The number of nitrogens with zero attached hydrogens (tertiary/aromatic N) is 2. The number of amides is 1. The van der Waals surface area contributed by atoms with Crippen LogP contribution in [0.1, 0.15) is 40.4 Å². The molecule has 0 spiro atoms. The molecule has 0 aliphatic heterocycles. The van der Waals surface area contributed by atoms with Gasteiger partial charge in [-0.25, -0.2) is 4.79 Å². The summed E-state index contributed by atoms with van der Waals surface area (Å²) in [5.74, 6) is -0.566. The first-order valence-electron chi connectivity index (χ1n) is 7.92. The van der Waals surface area contributed by atoms with E-state index in [1.807, 2.05) is 0 Å². The summed E-state index contributed by atoms with van der Waals surface area (Å²) in [6.45, 7) is 0. The minimum absolute atomic E-state index is 0.0116. The smallest absolute Gasteiger partial charge is 0.452 e. The third-order valence-electron chi connectivity index (χ3n) is 4.05. The second-order valence-corrected chi connectivity index (χ2v) is 5.96. The fourth-order valence-electron chi connectivity index (χ4n) is 2.62. The third-order valence-corrected chi connectivity index (χ3v) is 4.05. The second kappa shape index (κ2) is 6.93. The molecule has 1 fully saturated rings. The van der Waals surface area contributed by atoms with Crippen molar-refractivity contribution in [3.63, 3.8) is 0 Å². The summed E-state index contributed by atoms with van der Waals surface area (Å²) >= 11 is 0. The van der Waals surface area contributed by atoms with Crippen LogP contribution < -0.4 is 9.64 Å². The summed E-state index contributed by atoms with van der Waals surface area (Å²) in [7, 11) is 2.38. The van der Waals surface area contributed by atoms with Crippen LogP contribution in [0.4, 0.5) is 23.7 Å². The lowest BCUT2D eigenvalue weighted by molar-refractivity contribution is -0.274. The minimum atomic E-state index is -4.92. The normalized spacial score (nSPS) is 14.0. The molecule has 27 heavy (non-hydrogen) atoms. The van der Waals surface area contributed by atoms with E-state index in [0.717, 1.165) is 43.1 Å². The van der Waals surface area contributed by atoms with Gasteiger partial charge in [0.1, 0.15) is 5.75 Å². The molecule has 0 saturated heterocycles. The van der Waals surface area contributed by atoms with E-state index >= 15 is 0 Å². The fourth-order valence-corrected chi connectivity index (χ4v) is 2.62. The highest BCUT2D eigenvalue weighted by Crippen LogP contribution is 2.42. The van der Waals surface area contributed by atoms with Crippen LogP contribution in [0, 0.1) is 0 Å². The van der Waals surface area contributed by atoms with Crippen molar-refractivity contribution in [3.8, 4) is 5.75 Å². The number of ketones is 1. The van der Waals surface area contributed by atoms with Crippen LogP contribution in [-0.2, 0) is 4.74 Å². The number of hydrogen-bond donors (Lipinski definition) is 0. The predicted molar refractivity (Wildman–Crippen MR) is 85.8 cm³/mol. The monoisotopic (exact) mass is 384 g/mol. The molecule has 1 heterocycles. The van der Waals surface area contributed by atoms with Crippen molar-refractivity contribution in [2.75, 3.05) is 19.1 Å². The molecule has 0 bridgehead atoms. The number of rotatable bonds is 5. The zero-order valence-electron chi connectivity index (χ0n) is 14.4. The average Bonchev–Trinajstić information content (AvgIpc) is 3.35. The SMILES string of the molecule is COC(=O)N(C)c1cc(OC(F)(F)F)ccc1C(=O)c1cnoc1C1CC1. The number of hydrogen-bond acceptors (Lipinski definition) is 6. The first-order chi connectivity index (χ1) is 12.7. The van der Waals surface area contributed by atoms with E-state index in [0.29, 0.717) is 5.76 Å². The van der Waals surface area contributed by atoms with Crippen LogP contribution in [0.15, 0.2) is 28.9 Å². The Morgan fingerprint density at radius 1 is 1.26 bits per heavy atom. The van der Waals surface area contributed by atoms with Crippen LogP contribution in [-0.4, -0.2) is 37.6 Å². The Labute approximate surface area is 151 Å². The molecule has 3 rings (SSSR count). The lowest BCUT2D eigenvalue weighted by Crippen LogP contribution is -2.28. The third kappa shape index (κ3) is 4.04. The van der Waals surface area contributed by atoms with Gasteiger partial charge in [0.25, 0.3) is 0 Å². The maximum absolute atomic E-state index is 13.0. The maximum Gasteiger partial charge on any atom is 0.573 e. The molecule has 0 unspecified atom stereocenters. The van der Waals surface area contributed by atoms with Crippen LogP contribution in [0.2, 0.25) is 0 Å². The molecule has 0 atom stereocenters. The minimum Gasteiger partial charge on any atom is -0.452 e. The van der Waals surface area contributed by atoms with Gasteiger partial charge in [0.15, 0.2) is 11.5 Å². The van der Waals surface area contributed by atoms with Crippen LogP contribution in [0.25, 0.3) is 0 Å². The Morgan fingerprint density at radius 2 is 1.96 bits per heavy atom. The van der Waals surface area contributed by atoms with E-state index in [4.69, 9.17) is 4.52 Å². The first-order valence-corrected chi connectivity index (χ1v) is 7.92. The molecule has 1 aromatic carbocycles. The van der Waals surface area contributed by atoms with E-state index in [9.17, 15) is 22.8 Å². The molecule has 1 amide bonds. The Morgan fingerprint density at radius 3 is 2.56 bits per heavy atom. The van der Waals surface area contributed by atoms with Crippen LogP contribution in [0.3, 0.4) is 0 Å². The molecule has 0 radical (unpaired) electrons. The molecule has 1 aliphatic rings. The first kappa shape index (κ1) is 18.7. The fraction of sp³-hybridized carbons (Fsp3) is 0.353. The van der Waals surface area contributed by atoms with E-state index in [-0.39, 0.29) is 22.7 Å². The second-order valence-electron chi connectivity index (χ2n) is 5.96. The zero-order valence-corrected chi connectivity index (χ0v) is 14.4. The van der Waals surface area contributed by atoms with E-state index in [1.54, 1.807) is 0 Å². The lowest BCUT2D eigenvalue weighted by atomic mass is 10.00. The zero-order chi connectivity index (χ0) is 19.8. The number of methoxy groups -OCH3 is 1. The Bertz CT molecular complexity index is 874. The number of anilines is 1. The number of alkyl halides is 3. The van der Waals surface area contributed by atoms with Gasteiger partial charge in [0.05, 0.1) is 24.6 Å². The summed E-state index contributed by atoms with van der Waals surface area (Å²) < 4.78 is 51.2. The van der Waals surface area contributed by atoms with Crippen molar-refractivity contribution in [1.29, 1.82) is 0 Å². The van der Waals surface area contributed by atoms with Crippen LogP contribution >= 0.6 is 0 Å². The Hall–Kier alpha value is -3.04. The van der Waals surface area contributed by atoms with Gasteiger partial charge in [-0.1, -0.05) is 5.16 Å². The van der Waals surface area contributed by atoms with Gasteiger partial charge in [-0.05, 0) is 25.0 Å².